The average molecular weight is 308 g/mol. The van der Waals surface area contributed by atoms with E-state index in [-0.39, 0.29) is 11.8 Å². The molecule has 5 nitrogen and oxygen atoms in total. The van der Waals surface area contributed by atoms with Gasteiger partial charge in [0.15, 0.2) is 0 Å². The Morgan fingerprint density at radius 1 is 1.04 bits per heavy atom. The number of fused-ring (bicyclic) bond motifs is 1. The molecule has 1 heterocycles. The van der Waals surface area contributed by atoms with Crippen LogP contribution in [-0.4, -0.2) is 11.8 Å². The first-order chi connectivity index (χ1) is 11.1. The summed E-state index contributed by atoms with van der Waals surface area (Å²) in [6.45, 7) is 1.73. The van der Waals surface area contributed by atoms with Crippen LogP contribution >= 0.6 is 0 Å². The number of furan rings is 1. The molecule has 0 fully saturated rings. The summed E-state index contributed by atoms with van der Waals surface area (Å²) in [5.41, 5.74) is 1.87. The summed E-state index contributed by atoms with van der Waals surface area (Å²) in [5.74, 6) is 0.292. The molecule has 0 radical (unpaired) electrons. The third-order valence-corrected chi connectivity index (χ3v) is 3.34. The van der Waals surface area contributed by atoms with Crippen molar-refractivity contribution in [2.45, 2.75) is 13.5 Å². The Balaban J connectivity index is 1.68. The van der Waals surface area contributed by atoms with E-state index in [2.05, 4.69) is 10.6 Å². The van der Waals surface area contributed by atoms with Gasteiger partial charge < -0.3 is 15.1 Å². The van der Waals surface area contributed by atoms with Gasteiger partial charge in [-0.15, -0.1) is 0 Å². The lowest BCUT2D eigenvalue weighted by Gasteiger charge is -2.06. The standard InChI is InChI=1S/C18H16N2O3/c1-12(21)20-15-7-4-6-14(9-15)18(22)19-11-16-10-13-5-2-3-8-17(13)23-16/h2-10H,11H2,1H3,(H,19,22)(H,20,21). The molecule has 116 valence electrons. The van der Waals surface area contributed by atoms with Crippen molar-refractivity contribution in [3.05, 3.63) is 65.9 Å². The van der Waals surface area contributed by atoms with E-state index >= 15 is 0 Å². The van der Waals surface area contributed by atoms with E-state index < -0.39 is 0 Å². The molecule has 0 saturated heterocycles. The molecule has 3 aromatic rings. The molecule has 1 aromatic heterocycles. The number of anilines is 1. The number of rotatable bonds is 4. The number of benzene rings is 2. The topological polar surface area (TPSA) is 71.3 Å². The lowest BCUT2D eigenvalue weighted by Crippen LogP contribution is -2.22. The van der Waals surface area contributed by atoms with E-state index in [0.717, 1.165) is 11.0 Å². The van der Waals surface area contributed by atoms with Crippen LogP contribution in [0.5, 0.6) is 0 Å². The monoisotopic (exact) mass is 308 g/mol. The zero-order valence-corrected chi connectivity index (χ0v) is 12.6. The summed E-state index contributed by atoms with van der Waals surface area (Å²) in [4.78, 5) is 23.3. The highest BCUT2D eigenvalue weighted by atomic mass is 16.3. The molecule has 0 spiro atoms. The molecule has 0 aliphatic carbocycles. The summed E-state index contributed by atoms with van der Waals surface area (Å²) in [6, 6.07) is 16.4. The van der Waals surface area contributed by atoms with Crippen LogP contribution in [0.15, 0.2) is 59.0 Å². The van der Waals surface area contributed by atoms with Gasteiger partial charge in [-0.05, 0) is 30.3 Å². The molecule has 3 rings (SSSR count). The second kappa shape index (κ2) is 6.36. The molecule has 0 aliphatic rings. The van der Waals surface area contributed by atoms with Crippen molar-refractivity contribution in [1.82, 2.24) is 5.32 Å². The van der Waals surface area contributed by atoms with E-state index in [9.17, 15) is 9.59 Å². The Labute approximate surface area is 133 Å². The zero-order valence-electron chi connectivity index (χ0n) is 12.6. The van der Waals surface area contributed by atoms with Crippen LogP contribution in [0.25, 0.3) is 11.0 Å². The lowest BCUT2D eigenvalue weighted by atomic mass is 10.2. The van der Waals surface area contributed by atoms with Crippen molar-refractivity contribution in [3.8, 4) is 0 Å². The smallest absolute Gasteiger partial charge is 0.251 e. The Kier molecular flexibility index (Phi) is 4.10. The second-order valence-electron chi connectivity index (χ2n) is 5.20. The van der Waals surface area contributed by atoms with Crippen LogP contribution < -0.4 is 10.6 Å². The third kappa shape index (κ3) is 3.58. The minimum Gasteiger partial charge on any atom is -0.459 e. The van der Waals surface area contributed by atoms with Crippen molar-refractivity contribution in [2.75, 3.05) is 5.32 Å². The van der Waals surface area contributed by atoms with Crippen LogP contribution in [-0.2, 0) is 11.3 Å². The molecule has 2 aromatic carbocycles. The fourth-order valence-corrected chi connectivity index (χ4v) is 2.33. The van der Waals surface area contributed by atoms with Gasteiger partial charge in [-0.3, -0.25) is 9.59 Å². The molecule has 23 heavy (non-hydrogen) atoms. The quantitative estimate of drug-likeness (QED) is 0.776. The number of hydrogen-bond donors (Lipinski definition) is 2. The number of para-hydroxylation sites is 1. The van der Waals surface area contributed by atoms with E-state index in [1.807, 2.05) is 30.3 Å². The van der Waals surface area contributed by atoms with Gasteiger partial charge in [0.2, 0.25) is 5.91 Å². The molecule has 0 bridgehead atoms. The molecule has 0 aliphatic heterocycles. The summed E-state index contributed by atoms with van der Waals surface area (Å²) < 4.78 is 5.66. The highest BCUT2D eigenvalue weighted by molar-refractivity contribution is 5.96. The maximum atomic E-state index is 12.2. The van der Waals surface area contributed by atoms with Crippen LogP contribution in [0.3, 0.4) is 0 Å². The van der Waals surface area contributed by atoms with E-state index in [1.165, 1.54) is 6.92 Å². The number of hydrogen-bond acceptors (Lipinski definition) is 3. The first kappa shape index (κ1) is 14.8. The molecule has 0 atom stereocenters. The van der Waals surface area contributed by atoms with Gasteiger partial charge in [-0.1, -0.05) is 24.3 Å². The summed E-state index contributed by atoms with van der Waals surface area (Å²) in [7, 11) is 0. The average Bonchev–Trinajstić information content (AvgIpc) is 2.95. The Hall–Kier alpha value is -3.08. The third-order valence-electron chi connectivity index (χ3n) is 3.34. The number of carbonyl (C=O) groups excluding carboxylic acids is 2. The van der Waals surface area contributed by atoms with Crippen LogP contribution in [0.4, 0.5) is 5.69 Å². The van der Waals surface area contributed by atoms with Crippen molar-refractivity contribution in [3.63, 3.8) is 0 Å². The predicted octanol–water partition coefficient (Wildman–Crippen LogP) is 3.32. The van der Waals surface area contributed by atoms with Crippen molar-refractivity contribution < 1.29 is 14.0 Å². The second-order valence-corrected chi connectivity index (χ2v) is 5.20. The maximum Gasteiger partial charge on any atom is 0.251 e. The zero-order chi connectivity index (χ0) is 16.2. The molecule has 0 saturated carbocycles. The molecule has 0 unspecified atom stereocenters. The normalized spacial score (nSPS) is 10.5. The van der Waals surface area contributed by atoms with Gasteiger partial charge in [0.05, 0.1) is 6.54 Å². The first-order valence-electron chi connectivity index (χ1n) is 7.25. The van der Waals surface area contributed by atoms with Gasteiger partial charge in [-0.25, -0.2) is 0 Å². The summed E-state index contributed by atoms with van der Waals surface area (Å²) in [6.07, 6.45) is 0. The Morgan fingerprint density at radius 3 is 2.65 bits per heavy atom. The fraction of sp³-hybridized carbons (Fsp3) is 0.111. The van der Waals surface area contributed by atoms with Gasteiger partial charge in [0.25, 0.3) is 5.91 Å². The van der Waals surface area contributed by atoms with Crippen molar-refractivity contribution in [1.29, 1.82) is 0 Å². The largest absolute Gasteiger partial charge is 0.459 e. The Bertz CT molecular complexity index is 834. The van der Waals surface area contributed by atoms with Crippen molar-refractivity contribution >= 4 is 28.5 Å². The predicted molar refractivity (Wildman–Crippen MR) is 88.1 cm³/mol. The highest BCUT2D eigenvalue weighted by Crippen LogP contribution is 2.18. The van der Waals surface area contributed by atoms with Gasteiger partial charge in [0.1, 0.15) is 11.3 Å². The lowest BCUT2D eigenvalue weighted by molar-refractivity contribution is -0.114. The summed E-state index contributed by atoms with van der Waals surface area (Å²) in [5, 5.41) is 6.47. The van der Waals surface area contributed by atoms with Gasteiger partial charge in [0, 0.05) is 23.6 Å². The van der Waals surface area contributed by atoms with Crippen LogP contribution in [0.1, 0.15) is 23.0 Å². The van der Waals surface area contributed by atoms with E-state index in [4.69, 9.17) is 4.42 Å². The number of carbonyl (C=O) groups is 2. The first-order valence-corrected chi connectivity index (χ1v) is 7.25. The SMILES string of the molecule is CC(=O)Nc1cccc(C(=O)NCc2cc3ccccc3o2)c1. The molecule has 2 N–H and O–H groups in total. The fourth-order valence-electron chi connectivity index (χ4n) is 2.33. The maximum absolute atomic E-state index is 12.2. The van der Waals surface area contributed by atoms with E-state index in [1.54, 1.807) is 24.3 Å². The van der Waals surface area contributed by atoms with Gasteiger partial charge in [-0.2, -0.15) is 0 Å². The highest BCUT2D eigenvalue weighted by Gasteiger charge is 2.09. The van der Waals surface area contributed by atoms with E-state index in [0.29, 0.717) is 23.6 Å². The minimum atomic E-state index is -0.224. The molecular weight excluding hydrogens is 292 g/mol. The van der Waals surface area contributed by atoms with Crippen molar-refractivity contribution in [2.24, 2.45) is 0 Å². The molecule has 2 amide bonds. The summed E-state index contributed by atoms with van der Waals surface area (Å²) >= 11 is 0. The Morgan fingerprint density at radius 2 is 1.87 bits per heavy atom. The minimum absolute atomic E-state index is 0.176. The van der Waals surface area contributed by atoms with Gasteiger partial charge >= 0.3 is 0 Å². The number of nitrogens with one attached hydrogen (secondary N) is 2. The number of amides is 2. The van der Waals surface area contributed by atoms with Crippen LogP contribution in [0.2, 0.25) is 0 Å². The molecule has 5 heteroatoms. The molecular formula is C18H16N2O3. The van der Waals surface area contributed by atoms with Crippen LogP contribution in [0, 0.1) is 0 Å².